The first-order valence-corrected chi connectivity index (χ1v) is 8.86. The Morgan fingerprint density at radius 2 is 1.95 bits per heavy atom. The van der Waals surface area contributed by atoms with E-state index < -0.39 is 0 Å². The highest BCUT2D eigenvalue weighted by molar-refractivity contribution is 8.00. The Kier molecular flexibility index (Phi) is 5.98. The van der Waals surface area contributed by atoms with Crippen molar-refractivity contribution in [3.63, 3.8) is 0 Å². The lowest BCUT2D eigenvalue weighted by Crippen LogP contribution is -2.26. The molecule has 0 aromatic heterocycles. The van der Waals surface area contributed by atoms with E-state index in [4.69, 9.17) is 0 Å². The van der Waals surface area contributed by atoms with Gasteiger partial charge in [-0.2, -0.15) is 0 Å². The van der Waals surface area contributed by atoms with E-state index >= 15 is 0 Å². The van der Waals surface area contributed by atoms with Crippen LogP contribution in [0.25, 0.3) is 0 Å². The summed E-state index contributed by atoms with van der Waals surface area (Å²) in [4.78, 5) is 3.93. The fraction of sp³-hybridized carbons (Fsp3) is 0.667. The maximum absolute atomic E-state index is 2.48. The van der Waals surface area contributed by atoms with E-state index in [1.165, 1.54) is 42.8 Å². The molecule has 1 fully saturated rings. The molecule has 1 aliphatic rings. The molecule has 1 aromatic rings. The molecule has 0 saturated carbocycles. The third-order valence-electron chi connectivity index (χ3n) is 4.12. The molecule has 1 heterocycles. The van der Waals surface area contributed by atoms with Crippen LogP contribution in [-0.4, -0.2) is 30.3 Å². The van der Waals surface area contributed by atoms with Crippen molar-refractivity contribution in [1.29, 1.82) is 0 Å². The van der Waals surface area contributed by atoms with Gasteiger partial charge in [0, 0.05) is 16.7 Å². The third-order valence-corrected chi connectivity index (χ3v) is 5.66. The molecule has 112 valence electrons. The highest BCUT2D eigenvalue weighted by Gasteiger charge is 2.23. The van der Waals surface area contributed by atoms with Crippen LogP contribution in [0.5, 0.6) is 0 Å². The molecule has 0 amide bonds. The number of hydrogen-bond acceptors (Lipinski definition) is 2. The van der Waals surface area contributed by atoms with Gasteiger partial charge in [-0.3, -0.25) is 0 Å². The van der Waals surface area contributed by atoms with Gasteiger partial charge in [0.25, 0.3) is 0 Å². The van der Waals surface area contributed by atoms with Crippen LogP contribution in [0.2, 0.25) is 0 Å². The van der Waals surface area contributed by atoms with Crippen LogP contribution in [0.3, 0.4) is 0 Å². The first-order valence-electron chi connectivity index (χ1n) is 7.98. The molecule has 1 nitrogen and oxygen atoms in total. The van der Waals surface area contributed by atoms with Gasteiger partial charge >= 0.3 is 0 Å². The number of benzene rings is 1. The van der Waals surface area contributed by atoms with E-state index in [0.717, 1.165) is 17.1 Å². The molecular weight excluding hydrogens is 262 g/mol. The minimum Gasteiger partial charge on any atom is -0.306 e. The topological polar surface area (TPSA) is 3.24 Å². The number of thioether (sulfide) groups is 1. The van der Waals surface area contributed by atoms with E-state index in [1.54, 1.807) is 0 Å². The molecule has 2 heteroatoms. The van der Waals surface area contributed by atoms with Crippen LogP contribution in [0.1, 0.15) is 39.2 Å². The Bertz CT molecular complexity index is 398. The van der Waals surface area contributed by atoms with Gasteiger partial charge in [-0.05, 0) is 62.4 Å². The lowest BCUT2D eigenvalue weighted by molar-refractivity contribution is 0.312. The zero-order valence-corrected chi connectivity index (χ0v) is 14.2. The van der Waals surface area contributed by atoms with Crippen LogP contribution in [0.4, 0.5) is 0 Å². The predicted octanol–water partition coefficient (Wildman–Crippen LogP) is 4.71. The van der Waals surface area contributed by atoms with E-state index in [9.17, 15) is 0 Å². The Morgan fingerprint density at radius 3 is 2.60 bits per heavy atom. The van der Waals surface area contributed by atoms with Crippen LogP contribution in [0, 0.1) is 11.8 Å². The molecule has 0 aliphatic carbocycles. The fourth-order valence-corrected chi connectivity index (χ4v) is 4.32. The van der Waals surface area contributed by atoms with Gasteiger partial charge in [0.05, 0.1) is 0 Å². The normalized spacial score (nSPS) is 24.9. The molecule has 2 unspecified atom stereocenters. The summed E-state index contributed by atoms with van der Waals surface area (Å²) in [5.41, 5.74) is 1.47. The Morgan fingerprint density at radius 1 is 1.25 bits per heavy atom. The van der Waals surface area contributed by atoms with Crippen molar-refractivity contribution < 1.29 is 0 Å². The number of rotatable bonds is 4. The summed E-state index contributed by atoms with van der Waals surface area (Å²) in [6, 6.07) is 9.28. The SMILES string of the molecule is CC(C)Cc1ccc(SC2CCCN(C)CC2C)cc1. The summed E-state index contributed by atoms with van der Waals surface area (Å²) in [6.07, 6.45) is 3.88. The van der Waals surface area contributed by atoms with Crippen molar-refractivity contribution >= 4 is 11.8 Å². The first-order chi connectivity index (χ1) is 9.54. The van der Waals surface area contributed by atoms with E-state index in [-0.39, 0.29) is 0 Å². The highest BCUT2D eigenvalue weighted by Crippen LogP contribution is 2.33. The molecule has 1 saturated heterocycles. The van der Waals surface area contributed by atoms with Gasteiger partial charge in [0.15, 0.2) is 0 Å². The van der Waals surface area contributed by atoms with Gasteiger partial charge in [-0.15, -0.1) is 11.8 Å². The van der Waals surface area contributed by atoms with Gasteiger partial charge in [0.2, 0.25) is 0 Å². The smallest absolute Gasteiger partial charge is 0.0133 e. The summed E-state index contributed by atoms with van der Waals surface area (Å²) in [5.74, 6) is 1.52. The van der Waals surface area contributed by atoms with Crippen molar-refractivity contribution in [2.45, 2.75) is 50.2 Å². The van der Waals surface area contributed by atoms with Crippen molar-refractivity contribution in [3.05, 3.63) is 29.8 Å². The Hall–Kier alpha value is -0.470. The van der Waals surface area contributed by atoms with Crippen LogP contribution in [-0.2, 0) is 6.42 Å². The van der Waals surface area contributed by atoms with Gasteiger partial charge < -0.3 is 4.90 Å². The standard InChI is InChI=1S/C18H29NS/c1-14(2)12-16-7-9-17(10-8-16)20-18-6-5-11-19(4)13-15(18)3/h7-10,14-15,18H,5-6,11-13H2,1-4H3. The second-order valence-electron chi connectivity index (χ2n) is 6.78. The second-order valence-corrected chi connectivity index (χ2v) is 8.09. The average Bonchev–Trinajstić information content (AvgIpc) is 2.53. The summed E-state index contributed by atoms with van der Waals surface area (Å²) in [7, 11) is 2.25. The van der Waals surface area contributed by atoms with E-state index in [2.05, 4.69) is 68.7 Å². The zero-order valence-electron chi connectivity index (χ0n) is 13.4. The average molecular weight is 292 g/mol. The lowest BCUT2D eigenvalue weighted by atomic mass is 10.0. The minimum atomic E-state index is 0.742. The third kappa shape index (κ3) is 4.82. The molecule has 1 aliphatic heterocycles. The molecular formula is C18H29NS. The van der Waals surface area contributed by atoms with E-state index in [0.29, 0.717) is 0 Å². The molecule has 1 aromatic carbocycles. The monoisotopic (exact) mass is 291 g/mol. The number of hydrogen-bond donors (Lipinski definition) is 0. The summed E-state index contributed by atoms with van der Waals surface area (Å²) < 4.78 is 0. The Balaban J connectivity index is 1.95. The van der Waals surface area contributed by atoms with Gasteiger partial charge in [-0.1, -0.05) is 32.9 Å². The molecule has 0 N–H and O–H groups in total. The maximum atomic E-state index is 2.48. The van der Waals surface area contributed by atoms with Crippen molar-refractivity contribution in [2.75, 3.05) is 20.1 Å². The van der Waals surface area contributed by atoms with Crippen LogP contribution < -0.4 is 0 Å². The number of nitrogens with zero attached hydrogens (tertiary/aromatic N) is 1. The van der Waals surface area contributed by atoms with Crippen LogP contribution in [0.15, 0.2) is 29.2 Å². The molecule has 0 bridgehead atoms. The second kappa shape index (κ2) is 7.51. The predicted molar refractivity (Wildman–Crippen MR) is 90.5 cm³/mol. The molecule has 20 heavy (non-hydrogen) atoms. The molecule has 2 atom stereocenters. The van der Waals surface area contributed by atoms with Gasteiger partial charge in [-0.25, -0.2) is 0 Å². The number of likely N-dealkylation sites (tertiary alicyclic amines) is 1. The van der Waals surface area contributed by atoms with Crippen molar-refractivity contribution in [2.24, 2.45) is 11.8 Å². The summed E-state index contributed by atoms with van der Waals surface area (Å²) in [5, 5.41) is 0.774. The largest absolute Gasteiger partial charge is 0.306 e. The quantitative estimate of drug-likeness (QED) is 0.790. The Labute approximate surface area is 129 Å². The minimum absolute atomic E-state index is 0.742. The van der Waals surface area contributed by atoms with Crippen LogP contribution >= 0.6 is 11.8 Å². The highest BCUT2D eigenvalue weighted by atomic mass is 32.2. The fourth-order valence-electron chi connectivity index (χ4n) is 3.07. The first kappa shape index (κ1) is 15.9. The maximum Gasteiger partial charge on any atom is 0.0133 e. The summed E-state index contributed by atoms with van der Waals surface area (Å²) >= 11 is 2.09. The van der Waals surface area contributed by atoms with Crippen molar-refractivity contribution in [1.82, 2.24) is 4.90 Å². The van der Waals surface area contributed by atoms with Gasteiger partial charge in [0.1, 0.15) is 0 Å². The van der Waals surface area contributed by atoms with Crippen molar-refractivity contribution in [3.8, 4) is 0 Å². The zero-order chi connectivity index (χ0) is 14.5. The summed E-state index contributed by atoms with van der Waals surface area (Å²) in [6.45, 7) is 9.48. The lowest BCUT2D eigenvalue weighted by Gasteiger charge is -2.23. The molecule has 2 rings (SSSR count). The van der Waals surface area contributed by atoms with E-state index in [1.807, 2.05) is 0 Å². The molecule has 0 spiro atoms. The molecule has 0 radical (unpaired) electrons.